The van der Waals surface area contributed by atoms with Gasteiger partial charge in [-0.2, -0.15) is 0 Å². The van der Waals surface area contributed by atoms with E-state index in [0.717, 1.165) is 25.1 Å². The Morgan fingerprint density at radius 3 is 2.88 bits per heavy atom. The summed E-state index contributed by atoms with van der Waals surface area (Å²) in [4.78, 5) is 14.0. The van der Waals surface area contributed by atoms with E-state index >= 15 is 0 Å². The molecule has 1 saturated heterocycles. The van der Waals surface area contributed by atoms with Crippen molar-refractivity contribution in [2.24, 2.45) is 0 Å². The Bertz CT molecular complexity index is 728. The molecule has 2 unspecified atom stereocenters. The first-order valence-corrected chi connectivity index (χ1v) is 8.55. The van der Waals surface area contributed by atoms with Gasteiger partial charge in [0.2, 0.25) is 0 Å². The monoisotopic (exact) mass is 326 g/mol. The van der Waals surface area contributed by atoms with E-state index in [1.54, 1.807) is 4.90 Å². The number of benzene rings is 1. The largest absolute Gasteiger partial charge is 0.483 e. The highest BCUT2D eigenvalue weighted by Crippen LogP contribution is 2.49. The van der Waals surface area contributed by atoms with Crippen LogP contribution in [0.4, 0.5) is 4.79 Å². The predicted octanol–water partition coefficient (Wildman–Crippen LogP) is 3.46. The van der Waals surface area contributed by atoms with Crippen LogP contribution in [0.1, 0.15) is 31.4 Å². The number of ether oxygens (including phenoxy) is 2. The second-order valence-corrected chi connectivity index (χ2v) is 6.46. The minimum atomic E-state index is -0.437. The highest BCUT2D eigenvalue weighted by atomic mass is 16.6. The van der Waals surface area contributed by atoms with Crippen molar-refractivity contribution in [3.05, 3.63) is 54.4 Å². The normalized spacial score (nSPS) is 25.4. The zero-order valence-corrected chi connectivity index (χ0v) is 13.9. The van der Waals surface area contributed by atoms with Crippen molar-refractivity contribution < 1.29 is 14.3 Å². The second-order valence-electron chi connectivity index (χ2n) is 6.46. The fourth-order valence-electron chi connectivity index (χ4n) is 4.04. The topological polar surface area (TPSA) is 43.7 Å². The van der Waals surface area contributed by atoms with Crippen LogP contribution in [-0.4, -0.2) is 40.9 Å². The average Bonchev–Trinajstić information content (AvgIpc) is 3.20. The molecule has 5 heteroatoms. The smallest absolute Gasteiger partial charge is 0.409 e. The van der Waals surface area contributed by atoms with Gasteiger partial charge in [-0.05, 0) is 38.0 Å². The molecule has 1 fully saturated rings. The molecule has 2 aliphatic rings. The summed E-state index contributed by atoms with van der Waals surface area (Å²) in [6.45, 7) is 3.49. The maximum atomic E-state index is 12.2. The maximum absolute atomic E-state index is 12.2. The summed E-state index contributed by atoms with van der Waals surface area (Å²) in [6.07, 6.45) is 5.72. The number of likely N-dealkylation sites (tertiary alicyclic amines) is 1. The molecule has 1 aromatic heterocycles. The first kappa shape index (κ1) is 15.1. The van der Waals surface area contributed by atoms with Gasteiger partial charge in [-0.15, -0.1) is 0 Å². The molecular weight excluding hydrogens is 304 g/mol. The molecule has 0 saturated carbocycles. The van der Waals surface area contributed by atoms with Crippen LogP contribution in [-0.2, 0) is 4.74 Å². The first-order valence-electron chi connectivity index (χ1n) is 8.55. The molecule has 24 heavy (non-hydrogen) atoms. The molecule has 1 aromatic carbocycles. The molecule has 5 nitrogen and oxygen atoms in total. The van der Waals surface area contributed by atoms with Gasteiger partial charge >= 0.3 is 6.09 Å². The zero-order valence-electron chi connectivity index (χ0n) is 13.9. The average molecular weight is 326 g/mol. The van der Waals surface area contributed by atoms with Crippen LogP contribution in [0, 0.1) is 0 Å². The lowest BCUT2D eigenvalue weighted by Gasteiger charge is -2.42. The van der Waals surface area contributed by atoms with Crippen molar-refractivity contribution in [3.8, 4) is 5.75 Å². The number of fused-ring (bicyclic) bond motifs is 1. The molecule has 2 atom stereocenters. The summed E-state index contributed by atoms with van der Waals surface area (Å²) in [6, 6.07) is 12.3. The Hall–Kier alpha value is -2.43. The number of amides is 1. The number of aromatic nitrogens is 1. The molecule has 2 aliphatic heterocycles. The maximum Gasteiger partial charge on any atom is 0.409 e. The Morgan fingerprint density at radius 2 is 2.08 bits per heavy atom. The van der Waals surface area contributed by atoms with E-state index in [1.807, 2.05) is 37.3 Å². The third kappa shape index (κ3) is 2.35. The molecule has 1 spiro atoms. The lowest BCUT2D eigenvalue weighted by Crippen LogP contribution is -2.55. The van der Waals surface area contributed by atoms with Crippen molar-refractivity contribution in [2.45, 2.75) is 31.4 Å². The lowest BCUT2D eigenvalue weighted by atomic mass is 9.83. The molecule has 126 valence electrons. The van der Waals surface area contributed by atoms with Crippen molar-refractivity contribution >= 4 is 6.09 Å². The number of hydrogen-bond donors (Lipinski definition) is 0. The Kier molecular flexibility index (Phi) is 3.71. The van der Waals surface area contributed by atoms with Gasteiger partial charge in [0, 0.05) is 24.5 Å². The standard InChI is InChI=1S/C19H22N2O3/c1-2-23-18(22)21-13-7-10-19(14-21)17(20-11-5-6-12-20)15-8-3-4-9-16(15)24-19/h3-6,8-9,11-12,17H,2,7,10,13-14H2,1H3. The minimum Gasteiger partial charge on any atom is -0.483 e. The summed E-state index contributed by atoms with van der Waals surface area (Å²) in [7, 11) is 0. The number of para-hydroxylation sites is 1. The van der Waals surface area contributed by atoms with E-state index in [2.05, 4.69) is 23.0 Å². The van der Waals surface area contributed by atoms with E-state index < -0.39 is 5.60 Å². The lowest BCUT2D eigenvalue weighted by molar-refractivity contribution is -0.0165. The number of nitrogens with zero attached hydrogens (tertiary/aromatic N) is 2. The van der Waals surface area contributed by atoms with Crippen LogP contribution in [0.3, 0.4) is 0 Å². The van der Waals surface area contributed by atoms with Crippen LogP contribution < -0.4 is 4.74 Å². The Labute approximate surface area is 141 Å². The number of rotatable bonds is 2. The van der Waals surface area contributed by atoms with Gasteiger partial charge in [-0.1, -0.05) is 18.2 Å². The molecule has 0 radical (unpaired) electrons. The van der Waals surface area contributed by atoms with Crippen LogP contribution in [0.25, 0.3) is 0 Å². The highest BCUT2D eigenvalue weighted by molar-refractivity contribution is 5.68. The summed E-state index contributed by atoms with van der Waals surface area (Å²) in [5, 5.41) is 0. The molecular formula is C19H22N2O3. The summed E-state index contributed by atoms with van der Waals surface area (Å²) < 4.78 is 13.9. The van der Waals surface area contributed by atoms with E-state index in [4.69, 9.17) is 9.47 Å². The van der Waals surface area contributed by atoms with Crippen molar-refractivity contribution in [1.82, 2.24) is 9.47 Å². The highest BCUT2D eigenvalue weighted by Gasteiger charge is 2.52. The first-order chi connectivity index (χ1) is 11.7. The van der Waals surface area contributed by atoms with Gasteiger partial charge in [0.1, 0.15) is 11.8 Å². The van der Waals surface area contributed by atoms with E-state index in [1.165, 1.54) is 5.56 Å². The number of carbonyl (C=O) groups is 1. The van der Waals surface area contributed by atoms with Crippen LogP contribution in [0.15, 0.2) is 48.8 Å². The summed E-state index contributed by atoms with van der Waals surface area (Å²) in [5.74, 6) is 0.918. The van der Waals surface area contributed by atoms with E-state index in [-0.39, 0.29) is 12.1 Å². The molecule has 0 N–H and O–H groups in total. The molecule has 4 rings (SSSR count). The predicted molar refractivity (Wildman–Crippen MR) is 90.2 cm³/mol. The third-order valence-electron chi connectivity index (χ3n) is 4.96. The quantitative estimate of drug-likeness (QED) is 0.849. The molecule has 3 heterocycles. The second kappa shape index (κ2) is 5.89. The molecule has 0 bridgehead atoms. The van der Waals surface area contributed by atoms with Crippen molar-refractivity contribution in [3.63, 3.8) is 0 Å². The van der Waals surface area contributed by atoms with Crippen LogP contribution in [0.2, 0.25) is 0 Å². The SMILES string of the molecule is CCOC(=O)N1CCCC2(C1)Oc1ccccc1C2n1cccc1. The fraction of sp³-hybridized carbons (Fsp3) is 0.421. The summed E-state index contributed by atoms with van der Waals surface area (Å²) >= 11 is 0. The zero-order chi connectivity index (χ0) is 16.6. The van der Waals surface area contributed by atoms with Gasteiger partial charge in [0.15, 0.2) is 5.60 Å². The van der Waals surface area contributed by atoms with Gasteiger partial charge in [0.25, 0.3) is 0 Å². The van der Waals surface area contributed by atoms with E-state index in [0.29, 0.717) is 13.2 Å². The Balaban J connectivity index is 1.72. The van der Waals surface area contributed by atoms with Crippen molar-refractivity contribution in [2.75, 3.05) is 19.7 Å². The number of piperidine rings is 1. The van der Waals surface area contributed by atoms with Gasteiger partial charge in [-0.3, -0.25) is 0 Å². The van der Waals surface area contributed by atoms with Gasteiger partial charge < -0.3 is 18.9 Å². The van der Waals surface area contributed by atoms with Gasteiger partial charge in [0.05, 0.1) is 13.2 Å². The van der Waals surface area contributed by atoms with Crippen LogP contribution >= 0.6 is 0 Å². The summed E-state index contributed by atoms with van der Waals surface area (Å²) in [5.41, 5.74) is 0.743. The van der Waals surface area contributed by atoms with Crippen molar-refractivity contribution in [1.29, 1.82) is 0 Å². The number of hydrogen-bond acceptors (Lipinski definition) is 3. The van der Waals surface area contributed by atoms with Crippen LogP contribution in [0.5, 0.6) is 5.75 Å². The molecule has 0 aliphatic carbocycles. The number of carbonyl (C=O) groups excluding carboxylic acids is 1. The van der Waals surface area contributed by atoms with Gasteiger partial charge in [-0.25, -0.2) is 4.79 Å². The van der Waals surface area contributed by atoms with E-state index in [9.17, 15) is 4.79 Å². The molecule has 2 aromatic rings. The third-order valence-corrected chi connectivity index (χ3v) is 4.96. The molecule has 1 amide bonds. The minimum absolute atomic E-state index is 0.0703. The fourth-order valence-corrected chi connectivity index (χ4v) is 4.04. The Morgan fingerprint density at radius 1 is 1.29 bits per heavy atom.